The predicted molar refractivity (Wildman–Crippen MR) is 81.9 cm³/mol. The van der Waals surface area contributed by atoms with Gasteiger partial charge in [-0.3, -0.25) is 0 Å². The van der Waals surface area contributed by atoms with Crippen LogP contribution >= 0.6 is 0 Å². The number of nitrogens with one attached hydrogen (secondary N) is 1. The lowest BCUT2D eigenvalue weighted by Crippen LogP contribution is -2.37. The van der Waals surface area contributed by atoms with E-state index in [2.05, 4.69) is 38.2 Å². The quantitative estimate of drug-likeness (QED) is 0.889. The normalized spacial score (nSPS) is 19.0. The van der Waals surface area contributed by atoms with Crippen LogP contribution in [0.3, 0.4) is 0 Å². The average Bonchev–Trinajstić information content (AvgIpc) is 2.45. The van der Waals surface area contributed by atoms with E-state index in [1.54, 1.807) is 0 Å². The highest BCUT2D eigenvalue weighted by Crippen LogP contribution is 2.24. The summed E-state index contributed by atoms with van der Waals surface area (Å²) in [5.41, 5.74) is 2.44. The van der Waals surface area contributed by atoms with Crippen molar-refractivity contribution in [3.63, 3.8) is 0 Å². The number of aliphatic hydroxyl groups is 1. The highest BCUT2D eigenvalue weighted by atomic mass is 16.5. The molecule has 1 fully saturated rings. The van der Waals surface area contributed by atoms with Gasteiger partial charge in [0.2, 0.25) is 0 Å². The van der Waals surface area contributed by atoms with Gasteiger partial charge in [-0.2, -0.15) is 0 Å². The van der Waals surface area contributed by atoms with Crippen molar-refractivity contribution in [2.75, 3.05) is 19.8 Å². The Morgan fingerprint density at radius 2 is 1.80 bits per heavy atom. The molecule has 1 aromatic carbocycles. The lowest BCUT2D eigenvalue weighted by atomic mass is 9.86. The van der Waals surface area contributed by atoms with Crippen LogP contribution in [0.25, 0.3) is 0 Å². The number of ether oxygens (including phenoxy) is 1. The largest absolute Gasteiger partial charge is 0.387 e. The lowest BCUT2D eigenvalue weighted by molar-refractivity contribution is 0.0724. The van der Waals surface area contributed by atoms with E-state index in [1.165, 1.54) is 5.56 Å². The minimum absolute atomic E-state index is 0.157. The van der Waals surface area contributed by atoms with Crippen LogP contribution in [0.15, 0.2) is 24.3 Å². The summed E-state index contributed by atoms with van der Waals surface area (Å²) >= 11 is 0. The van der Waals surface area contributed by atoms with Gasteiger partial charge in [0.25, 0.3) is 0 Å². The van der Waals surface area contributed by atoms with Crippen LogP contribution in [0.2, 0.25) is 0 Å². The van der Waals surface area contributed by atoms with Crippen molar-refractivity contribution >= 4 is 0 Å². The zero-order chi connectivity index (χ0) is 14.6. The Kier molecular flexibility index (Phi) is 5.19. The van der Waals surface area contributed by atoms with Gasteiger partial charge in [0.15, 0.2) is 0 Å². The van der Waals surface area contributed by atoms with Crippen molar-refractivity contribution in [1.82, 2.24) is 5.32 Å². The maximum atomic E-state index is 10.3. The molecule has 1 aliphatic rings. The van der Waals surface area contributed by atoms with E-state index in [4.69, 9.17) is 4.74 Å². The Bertz CT molecular complexity index is 402. The van der Waals surface area contributed by atoms with Gasteiger partial charge in [-0.15, -0.1) is 0 Å². The molecule has 1 unspecified atom stereocenters. The third-order valence-electron chi connectivity index (χ3n) is 3.98. The van der Waals surface area contributed by atoms with E-state index in [1.807, 2.05) is 12.1 Å². The Balaban J connectivity index is 1.87. The van der Waals surface area contributed by atoms with Gasteiger partial charge in [0.1, 0.15) is 0 Å². The molecule has 0 saturated carbocycles. The van der Waals surface area contributed by atoms with Gasteiger partial charge < -0.3 is 15.2 Å². The Labute approximate surface area is 122 Å². The predicted octanol–water partition coefficient (Wildman–Crippen LogP) is 2.79. The first kappa shape index (κ1) is 15.5. The summed E-state index contributed by atoms with van der Waals surface area (Å²) in [6.45, 7) is 8.86. The second-order valence-corrected chi connectivity index (χ2v) is 6.68. The molecule has 3 heteroatoms. The van der Waals surface area contributed by atoms with E-state index >= 15 is 0 Å². The van der Waals surface area contributed by atoms with Crippen molar-refractivity contribution in [3.05, 3.63) is 35.4 Å². The highest BCUT2D eigenvalue weighted by Gasteiger charge is 2.17. The minimum Gasteiger partial charge on any atom is -0.387 e. The fraction of sp³-hybridized carbons (Fsp3) is 0.647. The number of hydrogen-bond donors (Lipinski definition) is 2. The molecule has 1 aromatic rings. The van der Waals surface area contributed by atoms with Crippen molar-refractivity contribution in [3.8, 4) is 0 Å². The van der Waals surface area contributed by atoms with E-state index in [-0.39, 0.29) is 5.41 Å². The Morgan fingerprint density at radius 1 is 1.20 bits per heavy atom. The topological polar surface area (TPSA) is 41.5 Å². The monoisotopic (exact) mass is 277 g/mol. The zero-order valence-electron chi connectivity index (χ0n) is 12.9. The molecule has 1 heterocycles. The van der Waals surface area contributed by atoms with E-state index < -0.39 is 6.10 Å². The smallest absolute Gasteiger partial charge is 0.0914 e. The molecule has 1 saturated heterocycles. The molecule has 0 bridgehead atoms. The first-order valence-electron chi connectivity index (χ1n) is 7.56. The number of benzene rings is 1. The van der Waals surface area contributed by atoms with Gasteiger partial charge in [0.05, 0.1) is 6.10 Å². The molecule has 1 atom stereocenters. The SMILES string of the molecule is CC(C)(C)c1ccc(C(O)CNC2CCOCC2)cc1. The maximum Gasteiger partial charge on any atom is 0.0914 e. The Morgan fingerprint density at radius 3 is 2.35 bits per heavy atom. The molecule has 0 radical (unpaired) electrons. The second-order valence-electron chi connectivity index (χ2n) is 6.68. The van der Waals surface area contributed by atoms with Gasteiger partial charge in [-0.1, -0.05) is 45.0 Å². The summed E-state index contributed by atoms with van der Waals surface area (Å²) in [5, 5.41) is 13.7. The first-order chi connectivity index (χ1) is 9.47. The maximum absolute atomic E-state index is 10.3. The summed E-state index contributed by atoms with van der Waals surface area (Å²) in [6.07, 6.45) is 1.64. The van der Waals surface area contributed by atoms with Gasteiger partial charge in [0, 0.05) is 25.8 Å². The van der Waals surface area contributed by atoms with E-state index in [0.29, 0.717) is 12.6 Å². The fourth-order valence-electron chi connectivity index (χ4n) is 2.50. The van der Waals surface area contributed by atoms with Crippen LogP contribution in [0.5, 0.6) is 0 Å². The summed E-state index contributed by atoms with van der Waals surface area (Å²) in [5.74, 6) is 0. The van der Waals surface area contributed by atoms with Crippen LogP contribution < -0.4 is 5.32 Å². The summed E-state index contributed by atoms with van der Waals surface area (Å²) < 4.78 is 5.33. The molecule has 0 aromatic heterocycles. The van der Waals surface area contributed by atoms with E-state index in [9.17, 15) is 5.11 Å². The lowest BCUT2D eigenvalue weighted by Gasteiger charge is -2.25. The van der Waals surface area contributed by atoms with Crippen LogP contribution in [0.4, 0.5) is 0 Å². The summed E-state index contributed by atoms with van der Waals surface area (Å²) in [4.78, 5) is 0. The molecule has 20 heavy (non-hydrogen) atoms. The van der Waals surface area contributed by atoms with Crippen molar-refractivity contribution in [2.45, 2.75) is 51.2 Å². The van der Waals surface area contributed by atoms with Crippen LogP contribution in [-0.2, 0) is 10.2 Å². The number of rotatable bonds is 4. The van der Waals surface area contributed by atoms with Crippen LogP contribution in [0, 0.1) is 0 Å². The molecule has 0 aliphatic carbocycles. The molecule has 0 amide bonds. The number of hydrogen-bond acceptors (Lipinski definition) is 3. The molecule has 3 nitrogen and oxygen atoms in total. The summed E-state index contributed by atoms with van der Waals surface area (Å²) in [7, 11) is 0. The van der Waals surface area contributed by atoms with E-state index in [0.717, 1.165) is 31.6 Å². The standard InChI is InChI=1S/C17H27NO2/c1-17(2,3)14-6-4-13(5-7-14)16(19)12-18-15-8-10-20-11-9-15/h4-7,15-16,18-19H,8-12H2,1-3H3. The molecule has 112 valence electrons. The zero-order valence-corrected chi connectivity index (χ0v) is 12.9. The van der Waals surface area contributed by atoms with Gasteiger partial charge in [-0.25, -0.2) is 0 Å². The molecule has 0 spiro atoms. The number of aliphatic hydroxyl groups excluding tert-OH is 1. The molecule has 1 aliphatic heterocycles. The fourth-order valence-corrected chi connectivity index (χ4v) is 2.50. The average molecular weight is 277 g/mol. The van der Waals surface area contributed by atoms with Crippen molar-refractivity contribution in [2.24, 2.45) is 0 Å². The molecule has 2 rings (SSSR count). The third-order valence-corrected chi connectivity index (χ3v) is 3.98. The molecular formula is C17H27NO2. The van der Waals surface area contributed by atoms with Crippen LogP contribution in [-0.4, -0.2) is 30.9 Å². The summed E-state index contributed by atoms with van der Waals surface area (Å²) in [6, 6.07) is 8.79. The first-order valence-corrected chi connectivity index (χ1v) is 7.56. The van der Waals surface area contributed by atoms with Gasteiger partial charge >= 0.3 is 0 Å². The third kappa shape index (κ3) is 4.30. The van der Waals surface area contributed by atoms with Gasteiger partial charge in [-0.05, 0) is 29.4 Å². The second kappa shape index (κ2) is 6.70. The van der Waals surface area contributed by atoms with Crippen molar-refractivity contribution < 1.29 is 9.84 Å². The van der Waals surface area contributed by atoms with Crippen molar-refractivity contribution in [1.29, 1.82) is 0 Å². The minimum atomic E-state index is -0.438. The molecule has 2 N–H and O–H groups in total. The molecular weight excluding hydrogens is 250 g/mol. The van der Waals surface area contributed by atoms with Crippen LogP contribution in [0.1, 0.15) is 50.8 Å². The Hall–Kier alpha value is -0.900. The highest BCUT2D eigenvalue weighted by molar-refractivity contribution is 5.28.